The zero-order valence-corrected chi connectivity index (χ0v) is 14.9. The van der Waals surface area contributed by atoms with Gasteiger partial charge >= 0.3 is 5.97 Å². The Morgan fingerprint density at radius 1 is 1.21 bits per heavy atom. The topological polar surface area (TPSA) is 61.2 Å². The predicted octanol–water partition coefficient (Wildman–Crippen LogP) is 3.36. The van der Waals surface area contributed by atoms with Gasteiger partial charge in [-0.1, -0.05) is 26.0 Å². The van der Waals surface area contributed by atoms with Gasteiger partial charge in [0.25, 0.3) is 5.56 Å². The van der Waals surface area contributed by atoms with Crippen molar-refractivity contribution in [2.24, 2.45) is 5.92 Å². The standard InChI is InChI=1S/C19H24N2O3/c1-6-24-19(23)16-10-17(15-8-7-13(4)14(5)9-15)20-21(18(16)22)11-12(2)3/h7-10,12H,6,11H2,1-5H3. The summed E-state index contributed by atoms with van der Waals surface area (Å²) in [5, 5.41) is 4.45. The number of hydrogen-bond donors (Lipinski definition) is 0. The van der Waals surface area contributed by atoms with Crippen molar-refractivity contribution in [3.8, 4) is 11.3 Å². The second-order valence-corrected chi connectivity index (χ2v) is 6.34. The van der Waals surface area contributed by atoms with E-state index in [1.807, 2.05) is 45.9 Å². The third-order valence-electron chi connectivity index (χ3n) is 3.81. The van der Waals surface area contributed by atoms with Gasteiger partial charge in [-0.05, 0) is 49.9 Å². The van der Waals surface area contributed by atoms with Crippen molar-refractivity contribution in [1.29, 1.82) is 0 Å². The van der Waals surface area contributed by atoms with E-state index in [1.54, 1.807) is 6.92 Å². The molecule has 1 heterocycles. The predicted molar refractivity (Wildman–Crippen MR) is 94.2 cm³/mol. The summed E-state index contributed by atoms with van der Waals surface area (Å²) in [5.74, 6) is -0.368. The van der Waals surface area contributed by atoms with Crippen molar-refractivity contribution in [3.05, 3.63) is 51.3 Å². The van der Waals surface area contributed by atoms with E-state index in [0.29, 0.717) is 12.2 Å². The summed E-state index contributed by atoms with van der Waals surface area (Å²) in [5.41, 5.74) is 3.41. The molecule has 0 amide bonds. The van der Waals surface area contributed by atoms with Gasteiger partial charge in [0, 0.05) is 12.1 Å². The van der Waals surface area contributed by atoms with Gasteiger partial charge in [-0.25, -0.2) is 9.48 Å². The first-order valence-electron chi connectivity index (χ1n) is 8.20. The molecule has 2 rings (SSSR count). The highest BCUT2D eigenvalue weighted by molar-refractivity contribution is 5.90. The van der Waals surface area contributed by atoms with Crippen LogP contribution in [-0.2, 0) is 11.3 Å². The minimum absolute atomic E-state index is 0.0285. The first-order valence-corrected chi connectivity index (χ1v) is 8.20. The summed E-state index contributed by atoms with van der Waals surface area (Å²) in [6.45, 7) is 10.5. The Labute approximate surface area is 142 Å². The lowest BCUT2D eigenvalue weighted by atomic mass is 10.0. The van der Waals surface area contributed by atoms with Crippen LogP contribution in [0.2, 0.25) is 0 Å². The van der Waals surface area contributed by atoms with E-state index in [4.69, 9.17) is 4.74 Å². The lowest BCUT2D eigenvalue weighted by Crippen LogP contribution is -2.31. The zero-order chi connectivity index (χ0) is 17.9. The summed E-state index contributed by atoms with van der Waals surface area (Å²) in [6, 6.07) is 7.50. The molecule has 0 aliphatic rings. The lowest BCUT2D eigenvalue weighted by molar-refractivity contribution is 0.0523. The summed E-state index contributed by atoms with van der Waals surface area (Å²) in [7, 11) is 0. The number of aryl methyl sites for hydroxylation is 2. The van der Waals surface area contributed by atoms with Gasteiger partial charge in [-0.2, -0.15) is 5.10 Å². The summed E-state index contributed by atoms with van der Waals surface area (Å²) < 4.78 is 6.38. The van der Waals surface area contributed by atoms with E-state index in [1.165, 1.54) is 16.3 Å². The Bertz CT molecular complexity index is 807. The number of esters is 1. The SMILES string of the molecule is CCOC(=O)c1cc(-c2ccc(C)c(C)c2)nn(CC(C)C)c1=O. The molecule has 128 valence electrons. The number of ether oxygens (including phenoxy) is 1. The van der Waals surface area contributed by atoms with Crippen molar-refractivity contribution in [3.63, 3.8) is 0 Å². The quantitative estimate of drug-likeness (QED) is 0.790. The minimum Gasteiger partial charge on any atom is -0.462 e. The molecule has 0 unspecified atom stereocenters. The number of nitrogens with zero attached hydrogens (tertiary/aromatic N) is 2. The van der Waals surface area contributed by atoms with Crippen LogP contribution in [0.3, 0.4) is 0 Å². The van der Waals surface area contributed by atoms with Crippen molar-refractivity contribution in [2.45, 2.75) is 41.2 Å². The fraction of sp³-hybridized carbons (Fsp3) is 0.421. The normalized spacial score (nSPS) is 10.9. The first kappa shape index (κ1) is 17.9. The van der Waals surface area contributed by atoms with E-state index in [2.05, 4.69) is 5.10 Å². The molecular weight excluding hydrogens is 304 g/mol. The number of aromatic nitrogens is 2. The Morgan fingerprint density at radius 2 is 1.92 bits per heavy atom. The van der Waals surface area contributed by atoms with E-state index in [9.17, 15) is 9.59 Å². The van der Waals surface area contributed by atoms with E-state index >= 15 is 0 Å². The second-order valence-electron chi connectivity index (χ2n) is 6.34. The van der Waals surface area contributed by atoms with Gasteiger partial charge in [-0.15, -0.1) is 0 Å². The average Bonchev–Trinajstić information content (AvgIpc) is 2.51. The number of rotatable bonds is 5. The summed E-state index contributed by atoms with van der Waals surface area (Å²) in [6.07, 6.45) is 0. The van der Waals surface area contributed by atoms with Gasteiger partial charge in [0.1, 0.15) is 5.56 Å². The molecule has 0 saturated heterocycles. The maximum Gasteiger partial charge on any atom is 0.343 e. The number of hydrogen-bond acceptors (Lipinski definition) is 4. The maximum absolute atomic E-state index is 12.5. The highest BCUT2D eigenvalue weighted by Crippen LogP contribution is 2.20. The molecule has 0 bridgehead atoms. The smallest absolute Gasteiger partial charge is 0.343 e. The molecule has 24 heavy (non-hydrogen) atoms. The third kappa shape index (κ3) is 3.91. The summed E-state index contributed by atoms with van der Waals surface area (Å²) in [4.78, 5) is 24.7. The van der Waals surface area contributed by atoms with Crippen LogP contribution in [0.25, 0.3) is 11.3 Å². The number of carbonyl (C=O) groups is 1. The molecule has 5 nitrogen and oxygen atoms in total. The van der Waals surface area contributed by atoms with Gasteiger partial charge in [-0.3, -0.25) is 4.79 Å². The third-order valence-corrected chi connectivity index (χ3v) is 3.81. The highest BCUT2D eigenvalue weighted by atomic mass is 16.5. The van der Waals surface area contributed by atoms with Crippen molar-refractivity contribution < 1.29 is 9.53 Å². The molecule has 0 aliphatic heterocycles. The van der Waals surface area contributed by atoms with Crippen molar-refractivity contribution in [2.75, 3.05) is 6.61 Å². The Balaban J connectivity index is 2.62. The number of benzene rings is 1. The highest BCUT2D eigenvalue weighted by Gasteiger charge is 2.18. The van der Waals surface area contributed by atoms with Crippen molar-refractivity contribution >= 4 is 5.97 Å². The van der Waals surface area contributed by atoms with Gasteiger partial charge in [0.2, 0.25) is 0 Å². The van der Waals surface area contributed by atoms with Crippen LogP contribution in [-0.4, -0.2) is 22.4 Å². The van der Waals surface area contributed by atoms with Crippen LogP contribution in [0.1, 0.15) is 42.3 Å². The molecule has 0 N–H and O–H groups in total. The molecule has 0 saturated carbocycles. The molecule has 0 radical (unpaired) electrons. The molecule has 0 aliphatic carbocycles. The molecule has 5 heteroatoms. The molecule has 0 fully saturated rings. The summed E-state index contributed by atoms with van der Waals surface area (Å²) >= 11 is 0. The number of carbonyl (C=O) groups excluding carboxylic acids is 1. The monoisotopic (exact) mass is 328 g/mol. The lowest BCUT2D eigenvalue weighted by Gasteiger charge is -2.12. The van der Waals surface area contributed by atoms with Crippen LogP contribution in [0.15, 0.2) is 29.1 Å². The van der Waals surface area contributed by atoms with E-state index < -0.39 is 11.5 Å². The Hall–Kier alpha value is -2.43. The molecule has 0 atom stereocenters. The van der Waals surface area contributed by atoms with Crippen LogP contribution < -0.4 is 5.56 Å². The second kappa shape index (κ2) is 7.43. The van der Waals surface area contributed by atoms with Crippen LogP contribution >= 0.6 is 0 Å². The maximum atomic E-state index is 12.5. The fourth-order valence-corrected chi connectivity index (χ4v) is 2.41. The van der Waals surface area contributed by atoms with E-state index in [-0.39, 0.29) is 18.1 Å². The van der Waals surface area contributed by atoms with Crippen LogP contribution in [0, 0.1) is 19.8 Å². The van der Waals surface area contributed by atoms with Gasteiger partial charge in [0.15, 0.2) is 0 Å². The van der Waals surface area contributed by atoms with E-state index in [0.717, 1.165) is 11.1 Å². The van der Waals surface area contributed by atoms with Crippen LogP contribution in [0.5, 0.6) is 0 Å². The largest absolute Gasteiger partial charge is 0.462 e. The minimum atomic E-state index is -0.604. The molecule has 1 aromatic carbocycles. The Kier molecular flexibility index (Phi) is 5.54. The Morgan fingerprint density at radius 3 is 2.50 bits per heavy atom. The van der Waals surface area contributed by atoms with Gasteiger partial charge < -0.3 is 4.74 Å². The molecule has 2 aromatic rings. The van der Waals surface area contributed by atoms with Crippen molar-refractivity contribution in [1.82, 2.24) is 9.78 Å². The van der Waals surface area contributed by atoms with Crippen LogP contribution in [0.4, 0.5) is 0 Å². The fourth-order valence-electron chi connectivity index (χ4n) is 2.41. The molecule has 1 aromatic heterocycles. The van der Waals surface area contributed by atoms with Gasteiger partial charge in [0.05, 0.1) is 12.3 Å². The molecular formula is C19H24N2O3. The average molecular weight is 328 g/mol. The zero-order valence-electron chi connectivity index (χ0n) is 14.9. The molecule has 0 spiro atoms. The first-order chi connectivity index (χ1) is 11.3.